The minimum absolute atomic E-state index is 0.0575. The van der Waals surface area contributed by atoms with Crippen molar-refractivity contribution in [1.82, 2.24) is 0 Å². The van der Waals surface area contributed by atoms with Crippen molar-refractivity contribution in [3.05, 3.63) is 34.9 Å². The fourth-order valence-electron chi connectivity index (χ4n) is 1.28. The van der Waals surface area contributed by atoms with E-state index in [0.717, 1.165) is 6.07 Å². The van der Waals surface area contributed by atoms with Gasteiger partial charge in [0.2, 0.25) is 0 Å². The molecule has 1 aromatic rings. The van der Waals surface area contributed by atoms with Gasteiger partial charge in [-0.3, -0.25) is 0 Å². The molecule has 0 bridgehead atoms. The molecule has 0 unspecified atom stereocenters. The number of carboxylic acids is 2. The van der Waals surface area contributed by atoms with Crippen molar-refractivity contribution in [3.63, 3.8) is 0 Å². The lowest BCUT2D eigenvalue weighted by Crippen LogP contribution is -2.06. The van der Waals surface area contributed by atoms with Crippen LogP contribution in [-0.2, 0) is 11.3 Å². The normalized spacial score (nSPS) is 10.2. The number of carbonyl (C=O) groups is 2. The second kappa shape index (κ2) is 5.97. The monoisotopic (exact) mass is 240 g/mol. The molecular weight excluding hydrogens is 228 g/mol. The van der Waals surface area contributed by atoms with Crippen LogP contribution in [-0.4, -0.2) is 40.5 Å². The zero-order chi connectivity index (χ0) is 12.8. The van der Waals surface area contributed by atoms with Crippen LogP contribution in [0.4, 0.5) is 0 Å². The lowest BCUT2D eigenvalue weighted by Gasteiger charge is -2.05. The van der Waals surface area contributed by atoms with Gasteiger partial charge in [-0.15, -0.1) is 0 Å². The average Bonchev–Trinajstić information content (AvgIpc) is 2.29. The zero-order valence-electron chi connectivity index (χ0n) is 8.92. The molecule has 0 heterocycles. The molecule has 0 radical (unpaired) electrons. The van der Waals surface area contributed by atoms with E-state index in [1.54, 1.807) is 0 Å². The molecule has 1 rings (SSSR count). The molecule has 0 aliphatic rings. The largest absolute Gasteiger partial charge is 0.478 e. The van der Waals surface area contributed by atoms with Crippen molar-refractivity contribution in [2.75, 3.05) is 13.2 Å². The Morgan fingerprint density at radius 1 is 1.06 bits per heavy atom. The van der Waals surface area contributed by atoms with Gasteiger partial charge in [-0.05, 0) is 23.8 Å². The molecule has 0 atom stereocenters. The number of aliphatic hydroxyl groups is 1. The van der Waals surface area contributed by atoms with Gasteiger partial charge in [-0.1, -0.05) is 0 Å². The summed E-state index contributed by atoms with van der Waals surface area (Å²) in [4.78, 5) is 21.6. The lowest BCUT2D eigenvalue weighted by molar-refractivity contribution is 0.0693. The summed E-state index contributed by atoms with van der Waals surface area (Å²) in [6.45, 7) is 0.0199. The quantitative estimate of drug-likeness (QED) is 0.629. The predicted molar refractivity (Wildman–Crippen MR) is 57.1 cm³/mol. The Morgan fingerprint density at radius 3 is 2.00 bits per heavy atom. The van der Waals surface area contributed by atoms with Gasteiger partial charge < -0.3 is 20.1 Å². The summed E-state index contributed by atoms with van der Waals surface area (Å²) >= 11 is 0. The van der Waals surface area contributed by atoms with Gasteiger partial charge in [0.15, 0.2) is 0 Å². The standard InChI is InChI=1S/C11H12O6/c12-1-2-17-6-7-3-8(10(13)14)5-9(4-7)11(15)16/h3-5,12H,1-2,6H2,(H,13,14)(H,15,16). The van der Waals surface area contributed by atoms with Crippen LogP contribution < -0.4 is 0 Å². The van der Waals surface area contributed by atoms with Gasteiger partial charge in [0, 0.05) is 0 Å². The van der Waals surface area contributed by atoms with Crippen LogP contribution in [0.25, 0.3) is 0 Å². The van der Waals surface area contributed by atoms with E-state index in [4.69, 9.17) is 20.1 Å². The van der Waals surface area contributed by atoms with Crippen molar-refractivity contribution < 1.29 is 29.6 Å². The van der Waals surface area contributed by atoms with Crippen molar-refractivity contribution >= 4 is 11.9 Å². The SMILES string of the molecule is O=C(O)c1cc(COCCO)cc(C(=O)O)c1. The Hall–Kier alpha value is -1.92. The van der Waals surface area contributed by atoms with E-state index in [-0.39, 0.29) is 30.9 Å². The van der Waals surface area contributed by atoms with Crippen molar-refractivity contribution in [3.8, 4) is 0 Å². The number of carboxylic acid groups (broad SMARTS) is 2. The molecule has 92 valence electrons. The summed E-state index contributed by atoms with van der Waals surface area (Å²) < 4.78 is 5.00. The van der Waals surface area contributed by atoms with Crippen LogP contribution >= 0.6 is 0 Å². The highest BCUT2D eigenvalue weighted by atomic mass is 16.5. The maximum Gasteiger partial charge on any atom is 0.335 e. The molecule has 0 aliphatic carbocycles. The Kier molecular flexibility index (Phi) is 4.62. The van der Waals surface area contributed by atoms with Crippen LogP contribution in [0, 0.1) is 0 Å². The molecule has 3 N–H and O–H groups in total. The van der Waals surface area contributed by atoms with Crippen molar-refractivity contribution in [2.24, 2.45) is 0 Å². The van der Waals surface area contributed by atoms with Crippen LogP contribution in [0.3, 0.4) is 0 Å². The minimum atomic E-state index is -1.20. The van der Waals surface area contributed by atoms with Gasteiger partial charge in [0.1, 0.15) is 0 Å². The molecular formula is C11H12O6. The summed E-state index contributed by atoms with van der Waals surface area (Å²) in [5, 5.41) is 26.1. The summed E-state index contributed by atoms with van der Waals surface area (Å²) in [6, 6.07) is 3.76. The Balaban J connectivity index is 2.95. The van der Waals surface area contributed by atoms with Crippen molar-refractivity contribution in [1.29, 1.82) is 0 Å². The molecule has 0 spiro atoms. The first-order chi connectivity index (χ1) is 8.04. The smallest absolute Gasteiger partial charge is 0.335 e. The third-order valence-electron chi connectivity index (χ3n) is 1.99. The van der Waals surface area contributed by atoms with E-state index in [0.29, 0.717) is 5.56 Å². The molecule has 1 aromatic carbocycles. The first-order valence-corrected chi connectivity index (χ1v) is 4.83. The summed E-state index contributed by atoms with van der Waals surface area (Å²) in [7, 11) is 0. The number of ether oxygens (including phenoxy) is 1. The first kappa shape index (κ1) is 13.1. The highest BCUT2D eigenvalue weighted by molar-refractivity contribution is 5.94. The second-order valence-electron chi connectivity index (χ2n) is 3.31. The van der Waals surface area contributed by atoms with Gasteiger partial charge in [0.05, 0.1) is 30.9 Å². The van der Waals surface area contributed by atoms with Crippen LogP contribution in [0.15, 0.2) is 18.2 Å². The van der Waals surface area contributed by atoms with E-state index < -0.39 is 11.9 Å². The highest BCUT2D eigenvalue weighted by Gasteiger charge is 2.11. The third kappa shape index (κ3) is 3.86. The predicted octanol–water partition coefficient (Wildman–Crippen LogP) is 0.592. The molecule has 0 aliphatic heterocycles. The van der Waals surface area contributed by atoms with Gasteiger partial charge in [-0.25, -0.2) is 9.59 Å². The lowest BCUT2D eigenvalue weighted by atomic mass is 10.1. The molecule has 17 heavy (non-hydrogen) atoms. The Bertz CT molecular complexity index is 394. The Labute approximate surface area is 97.1 Å². The summed E-state index contributed by atoms with van der Waals surface area (Å²) in [5.74, 6) is -2.40. The Morgan fingerprint density at radius 2 is 1.59 bits per heavy atom. The number of rotatable bonds is 6. The van der Waals surface area contributed by atoms with E-state index >= 15 is 0 Å². The molecule has 0 saturated carbocycles. The topological polar surface area (TPSA) is 104 Å². The zero-order valence-corrected chi connectivity index (χ0v) is 8.92. The van der Waals surface area contributed by atoms with E-state index in [1.807, 2.05) is 0 Å². The maximum atomic E-state index is 10.8. The molecule has 0 aromatic heterocycles. The molecule has 6 nitrogen and oxygen atoms in total. The molecule has 0 saturated heterocycles. The fourth-order valence-corrected chi connectivity index (χ4v) is 1.28. The summed E-state index contributed by atoms with van der Waals surface area (Å²) in [5.41, 5.74) is 0.232. The maximum absolute atomic E-state index is 10.8. The molecule has 0 amide bonds. The van der Waals surface area contributed by atoms with E-state index in [1.165, 1.54) is 12.1 Å². The number of aliphatic hydroxyl groups excluding tert-OH is 1. The van der Waals surface area contributed by atoms with E-state index in [9.17, 15) is 9.59 Å². The van der Waals surface area contributed by atoms with Gasteiger partial charge in [0.25, 0.3) is 0 Å². The number of hydrogen-bond acceptors (Lipinski definition) is 4. The van der Waals surface area contributed by atoms with Crippen molar-refractivity contribution in [2.45, 2.75) is 6.61 Å². The number of aromatic carboxylic acids is 2. The van der Waals surface area contributed by atoms with Gasteiger partial charge in [-0.2, -0.15) is 0 Å². The average molecular weight is 240 g/mol. The minimum Gasteiger partial charge on any atom is -0.478 e. The highest BCUT2D eigenvalue weighted by Crippen LogP contribution is 2.12. The molecule has 6 heteroatoms. The fraction of sp³-hybridized carbons (Fsp3) is 0.273. The number of benzene rings is 1. The summed E-state index contributed by atoms with van der Waals surface area (Å²) in [6.07, 6.45) is 0. The first-order valence-electron chi connectivity index (χ1n) is 4.83. The van der Waals surface area contributed by atoms with Crippen LogP contribution in [0.1, 0.15) is 26.3 Å². The second-order valence-corrected chi connectivity index (χ2v) is 3.31. The molecule has 0 fully saturated rings. The third-order valence-corrected chi connectivity index (χ3v) is 1.99. The number of hydrogen-bond donors (Lipinski definition) is 3. The van der Waals surface area contributed by atoms with Crippen LogP contribution in [0.5, 0.6) is 0 Å². The van der Waals surface area contributed by atoms with E-state index in [2.05, 4.69) is 0 Å². The van der Waals surface area contributed by atoms with Gasteiger partial charge >= 0.3 is 11.9 Å². The van der Waals surface area contributed by atoms with Crippen LogP contribution in [0.2, 0.25) is 0 Å².